The Morgan fingerprint density at radius 1 is 1.52 bits per heavy atom. The van der Waals surface area contributed by atoms with Gasteiger partial charge in [-0.25, -0.2) is 5.43 Å². The molecule has 0 saturated heterocycles. The van der Waals surface area contributed by atoms with Crippen molar-refractivity contribution in [2.24, 2.45) is 5.10 Å². The number of rotatable bonds is 6. The maximum atomic E-state index is 11.8. The summed E-state index contributed by atoms with van der Waals surface area (Å²) in [4.78, 5) is 12.4. The molecule has 2 aromatic heterocycles. The lowest BCUT2D eigenvalue weighted by Gasteiger charge is -2.08. The first-order valence-corrected chi connectivity index (χ1v) is 7.54. The van der Waals surface area contributed by atoms with E-state index >= 15 is 0 Å². The molecule has 112 valence electrons. The van der Waals surface area contributed by atoms with E-state index in [0.29, 0.717) is 11.5 Å². The third kappa shape index (κ3) is 3.80. The van der Waals surface area contributed by atoms with E-state index in [9.17, 15) is 4.79 Å². The molecule has 0 aliphatic rings. The summed E-state index contributed by atoms with van der Waals surface area (Å²) in [6.45, 7) is 5.56. The van der Waals surface area contributed by atoms with Gasteiger partial charge >= 0.3 is 0 Å². The van der Waals surface area contributed by atoms with Gasteiger partial charge in [-0.3, -0.25) is 4.79 Å². The molecule has 0 unspecified atom stereocenters. The second-order valence-corrected chi connectivity index (χ2v) is 5.60. The number of carbonyl (C=O) groups is 1. The summed E-state index contributed by atoms with van der Waals surface area (Å²) in [5, 5.41) is 5.89. The van der Waals surface area contributed by atoms with E-state index in [1.165, 1.54) is 11.3 Å². The van der Waals surface area contributed by atoms with Crippen molar-refractivity contribution in [1.29, 1.82) is 0 Å². The summed E-state index contributed by atoms with van der Waals surface area (Å²) in [5.41, 5.74) is 5.79. The van der Waals surface area contributed by atoms with Crippen LogP contribution in [0, 0.1) is 13.8 Å². The second-order valence-electron chi connectivity index (χ2n) is 4.65. The topological polar surface area (TPSA) is 55.6 Å². The van der Waals surface area contributed by atoms with Crippen LogP contribution in [0.5, 0.6) is 0 Å². The first-order valence-electron chi connectivity index (χ1n) is 6.66. The van der Waals surface area contributed by atoms with Crippen LogP contribution in [0.25, 0.3) is 0 Å². The van der Waals surface area contributed by atoms with Crippen molar-refractivity contribution in [1.82, 2.24) is 9.99 Å². The van der Waals surface area contributed by atoms with Gasteiger partial charge in [0.15, 0.2) is 0 Å². The van der Waals surface area contributed by atoms with Crippen molar-refractivity contribution in [2.75, 3.05) is 13.7 Å². The maximum Gasteiger partial charge on any atom is 0.281 e. The summed E-state index contributed by atoms with van der Waals surface area (Å²) in [7, 11) is 1.69. The van der Waals surface area contributed by atoms with Gasteiger partial charge in [-0.15, -0.1) is 11.3 Å². The molecule has 1 N–H and O–H groups in total. The minimum Gasteiger partial charge on any atom is -0.383 e. The van der Waals surface area contributed by atoms with Gasteiger partial charge in [0.2, 0.25) is 0 Å². The number of thiophene rings is 1. The number of hydrogen-bond acceptors (Lipinski definition) is 4. The molecule has 0 saturated carbocycles. The first-order chi connectivity index (χ1) is 10.1. The van der Waals surface area contributed by atoms with Crippen molar-refractivity contribution >= 4 is 23.5 Å². The molecule has 0 radical (unpaired) electrons. The van der Waals surface area contributed by atoms with Crippen molar-refractivity contribution in [3.8, 4) is 0 Å². The van der Waals surface area contributed by atoms with Gasteiger partial charge < -0.3 is 9.30 Å². The van der Waals surface area contributed by atoms with Crippen LogP contribution >= 0.6 is 11.3 Å². The number of methoxy groups -OCH3 is 1. The zero-order valence-corrected chi connectivity index (χ0v) is 13.2. The monoisotopic (exact) mass is 305 g/mol. The van der Waals surface area contributed by atoms with E-state index in [2.05, 4.69) is 15.1 Å². The highest BCUT2D eigenvalue weighted by Gasteiger charge is 2.08. The van der Waals surface area contributed by atoms with Crippen molar-refractivity contribution in [3.05, 3.63) is 45.4 Å². The Hall–Kier alpha value is -1.92. The van der Waals surface area contributed by atoms with Gasteiger partial charge in [0.25, 0.3) is 5.91 Å². The molecule has 0 fully saturated rings. The van der Waals surface area contributed by atoms with E-state index in [1.54, 1.807) is 19.4 Å². The lowest BCUT2D eigenvalue weighted by Crippen LogP contribution is -2.16. The second kappa shape index (κ2) is 7.19. The number of hydrazone groups is 1. The molecule has 2 heterocycles. The summed E-state index contributed by atoms with van der Waals surface area (Å²) >= 11 is 1.39. The zero-order valence-electron chi connectivity index (χ0n) is 12.4. The van der Waals surface area contributed by atoms with Gasteiger partial charge in [-0.2, -0.15) is 5.10 Å². The molecule has 0 aliphatic carbocycles. The minimum absolute atomic E-state index is 0.186. The maximum absolute atomic E-state index is 11.8. The molecule has 0 atom stereocenters. The minimum atomic E-state index is -0.186. The standard InChI is InChI=1S/C15H19N3O2S/c1-11-9-13(12(2)18(11)6-7-20-3)10-16-17-15(19)14-5-4-8-21-14/h4-5,8-10H,6-7H2,1-3H3,(H,17,19). The first kappa shape index (κ1) is 15.5. The molecule has 5 nitrogen and oxygen atoms in total. The predicted molar refractivity (Wildman–Crippen MR) is 85.2 cm³/mol. The zero-order chi connectivity index (χ0) is 15.2. The molecule has 21 heavy (non-hydrogen) atoms. The Labute approximate surface area is 128 Å². The van der Waals surface area contributed by atoms with Crippen molar-refractivity contribution in [3.63, 3.8) is 0 Å². The van der Waals surface area contributed by atoms with Crippen LogP contribution in [-0.4, -0.2) is 30.4 Å². The molecule has 2 aromatic rings. The summed E-state index contributed by atoms with van der Waals surface area (Å²) in [6, 6.07) is 5.66. The Bertz CT molecular complexity index is 630. The average Bonchev–Trinajstić information content (AvgIpc) is 3.07. The predicted octanol–water partition coefficient (Wildman–Crippen LogP) is 2.58. The number of carbonyl (C=O) groups excluding carboxylic acids is 1. The van der Waals surface area contributed by atoms with E-state index in [0.717, 1.165) is 23.5 Å². The molecular formula is C15H19N3O2S. The highest BCUT2D eigenvalue weighted by molar-refractivity contribution is 7.12. The summed E-state index contributed by atoms with van der Waals surface area (Å²) in [6.07, 6.45) is 1.68. The van der Waals surface area contributed by atoms with Crippen LogP contribution in [0.3, 0.4) is 0 Å². The van der Waals surface area contributed by atoms with Crippen molar-refractivity contribution < 1.29 is 9.53 Å². The molecule has 0 aromatic carbocycles. The van der Waals surface area contributed by atoms with Gasteiger partial charge in [-0.1, -0.05) is 6.07 Å². The Kier molecular flexibility index (Phi) is 5.30. The summed E-state index contributed by atoms with van der Waals surface area (Å²) < 4.78 is 7.28. The molecule has 0 aliphatic heterocycles. The Morgan fingerprint density at radius 3 is 3.00 bits per heavy atom. The number of aromatic nitrogens is 1. The number of nitrogens with one attached hydrogen (secondary N) is 1. The van der Waals surface area contributed by atoms with Gasteiger partial charge in [0.05, 0.1) is 17.7 Å². The fraction of sp³-hybridized carbons (Fsp3) is 0.333. The van der Waals surface area contributed by atoms with E-state index in [4.69, 9.17) is 4.74 Å². The van der Waals surface area contributed by atoms with E-state index in [-0.39, 0.29) is 5.91 Å². The van der Waals surface area contributed by atoms with Crippen LogP contribution in [0.2, 0.25) is 0 Å². The Morgan fingerprint density at radius 2 is 2.33 bits per heavy atom. The molecular weight excluding hydrogens is 286 g/mol. The smallest absolute Gasteiger partial charge is 0.281 e. The quantitative estimate of drug-likeness (QED) is 0.659. The molecule has 2 rings (SSSR count). The lowest BCUT2D eigenvalue weighted by molar-refractivity contribution is 0.0959. The van der Waals surface area contributed by atoms with Crippen LogP contribution in [0.4, 0.5) is 0 Å². The highest BCUT2D eigenvalue weighted by Crippen LogP contribution is 2.13. The van der Waals surface area contributed by atoms with Crippen LogP contribution in [-0.2, 0) is 11.3 Å². The van der Waals surface area contributed by atoms with Crippen LogP contribution in [0.15, 0.2) is 28.7 Å². The lowest BCUT2D eigenvalue weighted by atomic mass is 10.3. The molecule has 6 heteroatoms. The van der Waals surface area contributed by atoms with Crippen LogP contribution < -0.4 is 5.43 Å². The highest BCUT2D eigenvalue weighted by atomic mass is 32.1. The largest absolute Gasteiger partial charge is 0.383 e. The van der Waals surface area contributed by atoms with Gasteiger partial charge in [-0.05, 0) is 31.4 Å². The Balaban J connectivity index is 2.02. The van der Waals surface area contributed by atoms with Gasteiger partial charge in [0, 0.05) is 30.6 Å². The number of nitrogens with zero attached hydrogens (tertiary/aromatic N) is 2. The fourth-order valence-electron chi connectivity index (χ4n) is 2.11. The average molecular weight is 305 g/mol. The van der Waals surface area contributed by atoms with Gasteiger partial charge in [0.1, 0.15) is 0 Å². The normalized spacial score (nSPS) is 11.2. The third-order valence-electron chi connectivity index (χ3n) is 3.25. The molecule has 0 bridgehead atoms. The fourth-order valence-corrected chi connectivity index (χ4v) is 2.72. The molecule has 1 amide bonds. The van der Waals surface area contributed by atoms with Crippen molar-refractivity contribution in [2.45, 2.75) is 20.4 Å². The number of ether oxygens (including phenoxy) is 1. The van der Waals surface area contributed by atoms with Crippen LogP contribution in [0.1, 0.15) is 26.6 Å². The SMILES string of the molecule is COCCn1c(C)cc(C=NNC(=O)c2cccs2)c1C. The number of amides is 1. The molecule has 0 spiro atoms. The third-order valence-corrected chi connectivity index (χ3v) is 4.12. The van der Waals surface area contributed by atoms with E-state index in [1.807, 2.05) is 31.4 Å². The number of hydrogen-bond donors (Lipinski definition) is 1. The number of aryl methyl sites for hydroxylation is 1. The summed E-state index contributed by atoms with van der Waals surface area (Å²) in [5.74, 6) is -0.186. The van der Waals surface area contributed by atoms with E-state index < -0.39 is 0 Å².